The summed E-state index contributed by atoms with van der Waals surface area (Å²) >= 11 is 0. The quantitative estimate of drug-likeness (QED) is 0.728. The molecule has 1 fully saturated rings. The fraction of sp³-hybridized carbons (Fsp3) is 0.500. The first-order valence-electron chi connectivity index (χ1n) is 8.61. The third-order valence-electron chi connectivity index (χ3n) is 4.28. The normalized spacial score (nSPS) is 14.1. The molecule has 142 valence electrons. The second-order valence-electron chi connectivity index (χ2n) is 6.05. The van der Waals surface area contributed by atoms with Crippen LogP contribution in [-0.2, 0) is 19.1 Å². The lowest BCUT2D eigenvalue weighted by Gasteiger charge is -2.36. The molecule has 2 rings (SSSR count). The molecule has 0 aromatic heterocycles. The number of benzene rings is 1. The second-order valence-corrected chi connectivity index (χ2v) is 6.05. The van der Waals surface area contributed by atoms with Gasteiger partial charge >= 0.3 is 5.97 Å². The van der Waals surface area contributed by atoms with E-state index in [4.69, 9.17) is 0 Å². The molecule has 26 heavy (non-hydrogen) atoms. The number of amides is 2. The zero-order valence-corrected chi connectivity index (χ0v) is 14.9. The standard InChI is InChI=1S/C18H24FN3O4/c1-26-18(25)13-20-16(23)3-2-4-17(24)22-11-9-21(10-12-22)15-7-5-14(19)6-8-15/h5-8H,2-4,9-13H2,1H3,(H,20,23). The first kappa shape index (κ1) is 19.7. The Balaban J connectivity index is 1.66. The van der Waals surface area contributed by atoms with Crippen molar-refractivity contribution in [3.05, 3.63) is 30.1 Å². The highest BCUT2D eigenvalue weighted by Gasteiger charge is 2.21. The Hall–Kier alpha value is -2.64. The van der Waals surface area contributed by atoms with Crippen molar-refractivity contribution < 1.29 is 23.5 Å². The van der Waals surface area contributed by atoms with Crippen molar-refractivity contribution in [2.24, 2.45) is 0 Å². The summed E-state index contributed by atoms with van der Waals surface area (Å²) in [7, 11) is 1.25. The summed E-state index contributed by atoms with van der Waals surface area (Å²) in [6.07, 6.45) is 0.921. The number of nitrogens with one attached hydrogen (secondary N) is 1. The fourth-order valence-corrected chi connectivity index (χ4v) is 2.76. The molecule has 1 aliphatic rings. The minimum atomic E-state index is -0.506. The van der Waals surface area contributed by atoms with E-state index in [-0.39, 0.29) is 30.6 Å². The van der Waals surface area contributed by atoms with Crippen molar-refractivity contribution in [1.82, 2.24) is 10.2 Å². The van der Waals surface area contributed by atoms with Gasteiger partial charge in [0, 0.05) is 44.7 Å². The van der Waals surface area contributed by atoms with Gasteiger partial charge in [0.15, 0.2) is 0 Å². The van der Waals surface area contributed by atoms with Gasteiger partial charge in [-0.05, 0) is 30.7 Å². The number of carbonyl (C=O) groups is 3. The molecule has 1 aliphatic heterocycles. The van der Waals surface area contributed by atoms with E-state index in [0.29, 0.717) is 39.0 Å². The van der Waals surface area contributed by atoms with E-state index >= 15 is 0 Å². The maximum Gasteiger partial charge on any atom is 0.325 e. The molecule has 0 radical (unpaired) electrons. The van der Waals surface area contributed by atoms with Crippen LogP contribution in [0.25, 0.3) is 0 Å². The van der Waals surface area contributed by atoms with Crippen molar-refractivity contribution in [1.29, 1.82) is 0 Å². The topological polar surface area (TPSA) is 78.9 Å². The molecule has 0 saturated carbocycles. The lowest BCUT2D eigenvalue weighted by Crippen LogP contribution is -2.48. The number of rotatable bonds is 7. The molecule has 1 heterocycles. The van der Waals surface area contributed by atoms with E-state index in [1.807, 2.05) is 0 Å². The predicted molar refractivity (Wildman–Crippen MR) is 94.1 cm³/mol. The number of esters is 1. The van der Waals surface area contributed by atoms with Crippen LogP contribution in [-0.4, -0.2) is 62.5 Å². The average molecular weight is 365 g/mol. The Kier molecular flexibility index (Phi) is 7.37. The van der Waals surface area contributed by atoms with Crippen LogP contribution in [0.15, 0.2) is 24.3 Å². The first-order chi connectivity index (χ1) is 12.5. The number of methoxy groups -OCH3 is 1. The summed E-state index contributed by atoms with van der Waals surface area (Å²) in [5.74, 6) is -1.03. The van der Waals surface area contributed by atoms with Crippen molar-refractivity contribution in [2.45, 2.75) is 19.3 Å². The summed E-state index contributed by atoms with van der Waals surface area (Å²) in [5.41, 5.74) is 0.945. The monoisotopic (exact) mass is 365 g/mol. The van der Waals surface area contributed by atoms with Gasteiger partial charge in [-0.25, -0.2) is 4.39 Å². The van der Waals surface area contributed by atoms with Crippen LogP contribution in [0.4, 0.5) is 10.1 Å². The molecule has 7 nitrogen and oxygen atoms in total. The number of anilines is 1. The highest BCUT2D eigenvalue weighted by atomic mass is 19.1. The minimum Gasteiger partial charge on any atom is -0.468 e. The van der Waals surface area contributed by atoms with Gasteiger partial charge in [0.2, 0.25) is 11.8 Å². The van der Waals surface area contributed by atoms with Crippen LogP contribution in [0.3, 0.4) is 0 Å². The molecule has 0 spiro atoms. The van der Waals surface area contributed by atoms with Gasteiger partial charge in [-0.2, -0.15) is 0 Å². The summed E-state index contributed by atoms with van der Waals surface area (Å²) in [5, 5.41) is 2.44. The number of halogens is 1. The third-order valence-corrected chi connectivity index (χ3v) is 4.28. The number of nitrogens with zero attached hydrogens (tertiary/aromatic N) is 2. The Morgan fingerprint density at radius 2 is 1.73 bits per heavy atom. The van der Waals surface area contributed by atoms with E-state index < -0.39 is 5.97 Å². The molecular weight excluding hydrogens is 341 g/mol. The van der Waals surface area contributed by atoms with E-state index in [1.165, 1.54) is 19.2 Å². The van der Waals surface area contributed by atoms with Gasteiger partial charge in [0.1, 0.15) is 12.4 Å². The highest BCUT2D eigenvalue weighted by molar-refractivity contribution is 5.82. The number of hydrogen-bond donors (Lipinski definition) is 1. The van der Waals surface area contributed by atoms with Crippen LogP contribution in [0.5, 0.6) is 0 Å². The SMILES string of the molecule is COC(=O)CNC(=O)CCCC(=O)N1CCN(c2ccc(F)cc2)CC1. The maximum absolute atomic E-state index is 13.0. The molecule has 1 aromatic rings. The molecule has 8 heteroatoms. The number of piperazine rings is 1. The van der Waals surface area contributed by atoms with Crippen molar-refractivity contribution >= 4 is 23.5 Å². The molecule has 0 unspecified atom stereocenters. The number of carbonyl (C=O) groups excluding carboxylic acids is 3. The first-order valence-corrected chi connectivity index (χ1v) is 8.61. The summed E-state index contributed by atoms with van der Waals surface area (Å²) in [4.78, 5) is 38.6. The number of hydrogen-bond acceptors (Lipinski definition) is 5. The Labute approximate surface area is 152 Å². The zero-order chi connectivity index (χ0) is 18.9. The van der Waals surface area contributed by atoms with Gasteiger partial charge < -0.3 is 19.9 Å². The Morgan fingerprint density at radius 3 is 2.35 bits per heavy atom. The molecule has 0 aliphatic carbocycles. The van der Waals surface area contributed by atoms with Crippen molar-refractivity contribution in [3.8, 4) is 0 Å². The predicted octanol–water partition coefficient (Wildman–Crippen LogP) is 0.934. The van der Waals surface area contributed by atoms with Gasteiger partial charge in [-0.3, -0.25) is 14.4 Å². The summed E-state index contributed by atoms with van der Waals surface area (Å²) in [6, 6.07) is 6.33. The molecule has 1 saturated heterocycles. The molecule has 2 amide bonds. The zero-order valence-electron chi connectivity index (χ0n) is 14.9. The summed E-state index contributed by atoms with van der Waals surface area (Å²) in [6.45, 7) is 2.43. The van der Waals surface area contributed by atoms with E-state index in [1.54, 1.807) is 17.0 Å². The molecule has 1 N–H and O–H groups in total. The molecule has 1 aromatic carbocycles. The largest absolute Gasteiger partial charge is 0.468 e. The van der Waals surface area contributed by atoms with E-state index in [0.717, 1.165) is 5.69 Å². The van der Waals surface area contributed by atoms with Crippen molar-refractivity contribution in [3.63, 3.8) is 0 Å². The van der Waals surface area contributed by atoms with Crippen LogP contribution in [0.1, 0.15) is 19.3 Å². The van der Waals surface area contributed by atoms with Gasteiger partial charge in [0.05, 0.1) is 7.11 Å². The summed E-state index contributed by atoms with van der Waals surface area (Å²) < 4.78 is 17.4. The Bertz CT molecular complexity index is 628. The number of ether oxygens (including phenoxy) is 1. The Morgan fingerprint density at radius 1 is 1.08 bits per heavy atom. The van der Waals surface area contributed by atoms with Crippen LogP contribution < -0.4 is 10.2 Å². The smallest absolute Gasteiger partial charge is 0.325 e. The average Bonchev–Trinajstić information content (AvgIpc) is 2.66. The minimum absolute atomic E-state index is 0.0181. The van der Waals surface area contributed by atoms with E-state index in [9.17, 15) is 18.8 Å². The highest BCUT2D eigenvalue weighted by Crippen LogP contribution is 2.17. The van der Waals surface area contributed by atoms with E-state index in [2.05, 4.69) is 15.0 Å². The van der Waals surface area contributed by atoms with Crippen molar-refractivity contribution in [2.75, 3.05) is 44.7 Å². The molecular formula is C18H24FN3O4. The lowest BCUT2D eigenvalue weighted by molar-refractivity contribution is -0.141. The van der Waals surface area contributed by atoms with Crippen LogP contribution in [0.2, 0.25) is 0 Å². The van der Waals surface area contributed by atoms with Gasteiger partial charge in [-0.15, -0.1) is 0 Å². The third kappa shape index (κ3) is 6.02. The van der Waals surface area contributed by atoms with Crippen LogP contribution in [0, 0.1) is 5.82 Å². The maximum atomic E-state index is 13.0. The second kappa shape index (κ2) is 9.74. The molecule has 0 bridgehead atoms. The van der Waals surface area contributed by atoms with Crippen LogP contribution >= 0.6 is 0 Å². The van der Waals surface area contributed by atoms with Gasteiger partial charge in [0.25, 0.3) is 0 Å². The molecule has 0 atom stereocenters. The lowest BCUT2D eigenvalue weighted by atomic mass is 10.2. The van der Waals surface area contributed by atoms with Gasteiger partial charge in [-0.1, -0.05) is 0 Å². The fourth-order valence-electron chi connectivity index (χ4n) is 2.76.